The van der Waals surface area contributed by atoms with Gasteiger partial charge in [-0.1, -0.05) is 35.5 Å². The molecule has 4 heterocycles. The molecule has 2 aliphatic rings. The monoisotopic (exact) mass is 390 g/mol. The third kappa shape index (κ3) is 3.21. The molecule has 0 saturated carbocycles. The highest BCUT2D eigenvalue weighted by Crippen LogP contribution is 2.41. The predicted octanol–water partition coefficient (Wildman–Crippen LogP) is 3.14. The molecule has 7 heteroatoms. The Labute approximate surface area is 168 Å². The lowest BCUT2D eigenvalue weighted by Crippen LogP contribution is -2.48. The van der Waals surface area contributed by atoms with Crippen molar-refractivity contribution >= 4 is 5.91 Å². The number of aryl methyl sites for hydroxylation is 1. The number of piperidine rings is 1. The lowest BCUT2D eigenvalue weighted by molar-refractivity contribution is -0.0969. The fraction of sp³-hybridized carbons (Fsp3) is 0.364. The van der Waals surface area contributed by atoms with Crippen molar-refractivity contribution in [3.63, 3.8) is 0 Å². The third-order valence-corrected chi connectivity index (χ3v) is 5.77. The number of fused-ring (bicyclic) bond motifs is 2. The molecule has 1 saturated heterocycles. The smallest absolute Gasteiger partial charge is 0.292 e. The van der Waals surface area contributed by atoms with Gasteiger partial charge in [-0.15, -0.1) is 0 Å². The molecule has 148 valence electrons. The third-order valence-electron chi connectivity index (χ3n) is 5.77. The zero-order valence-corrected chi connectivity index (χ0v) is 16.3. The highest BCUT2D eigenvalue weighted by Gasteiger charge is 2.43. The van der Waals surface area contributed by atoms with Crippen LogP contribution in [0.4, 0.5) is 0 Å². The standard InChI is InChI=1S/C22H22N4O3/c1-15-13-18(29-25-15)21(27)26-10-8-22(9-11-26)19-17(7-12-28-22)14-23-20(24-19)16-5-3-2-4-6-16/h2-6,13-14H,7-12H2,1H3. The quantitative estimate of drug-likeness (QED) is 0.669. The minimum absolute atomic E-state index is 0.121. The summed E-state index contributed by atoms with van der Waals surface area (Å²) in [5.41, 5.74) is 3.34. The van der Waals surface area contributed by atoms with Gasteiger partial charge in [0.2, 0.25) is 5.76 Å². The topological polar surface area (TPSA) is 81.4 Å². The molecular formula is C22H22N4O3. The van der Waals surface area contributed by atoms with E-state index in [0.717, 1.165) is 23.2 Å². The number of hydrogen-bond donors (Lipinski definition) is 0. The van der Waals surface area contributed by atoms with Gasteiger partial charge in [-0.25, -0.2) is 9.97 Å². The Kier molecular flexibility index (Phi) is 4.39. The van der Waals surface area contributed by atoms with E-state index >= 15 is 0 Å². The Balaban J connectivity index is 1.41. The number of carbonyl (C=O) groups excluding carboxylic acids is 1. The minimum atomic E-state index is -0.464. The molecule has 0 bridgehead atoms. The Hall–Kier alpha value is -3.06. The summed E-state index contributed by atoms with van der Waals surface area (Å²) in [7, 11) is 0. The van der Waals surface area contributed by atoms with Crippen molar-refractivity contribution in [2.24, 2.45) is 0 Å². The molecule has 0 aliphatic carbocycles. The van der Waals surface area contributed by atoms with Crippen LogP contribution in [0.5, 0.6) is 0 Å². The van der Waals surface area contributed by atoms with Crippen molar-refractivity contribution < 1.29 is 14.1 Å². The van der Waals surface area contributed by atoms with Crippen molar-refractivity contribution in [1.29, 1.82) is 0 Å². The van der Waals surface area contributed by atoms with Crippen LogP contribution in [0.15, 0.2) is 47.1 Å². The molecule has 0 unspecified atom stereocenters. The number of carbonyl (C=O) groups is 1. The van der Waals surface area contributed by atoms with Gasteiger partial charge >= 0.3 is 0 Å². The summed E-state index contributed by atoms with van der Waals surface area (Å²) in [6.07, 6.45) is 4.14. The maximum Gasteiger partial charge on any atom is 0.292 e. The summed E-state index contributed by atoms with van der Waals surface area (Å²) in [6.45, 7) is 3.63. The Morgan fingerprint density at radius 3 is 2.69 bits per heavy atom. The first kappa shape index (κ1) is 18.0. The van der Waals surface area contributed by atoms with E-state index in [4.69, 9.17) is 14.2 Å². The normalized spacial score (nSPS) is 17.9. The highest BCUT2D eigenvalue weighted by atomic mass is 16.5. The first-order chi connectivity index (χ1) is 14.1. The average molecular weight is 390 g/mol. The second kappa shape index (κ2) is 7.08. The summed E-state index contributed by atoms with van der Waals surface area (Å²) >= 11 is 0. The van der Waals surface area contributed by atoms with E-state index in [9.17, 15) is 4.79 Å². The van der Waals surface area contributed by atoms with Crippen LogP contribution in [0.1, 0.15) is 40.3 Å². The van der Waals surface area contributed by atoms with E-state index in [0.29, 0.717) is 44.1 Å². The van der Waals surface area contributed by atoms with E-state index in [-0.39, 0.29) is 11.7 Å². The number of benzene rings is 1. The van der Waals surface area contributed by atoms with Gasteiger partial charge in [0.25, 0.3) is 5.91 Å². The van der Waals surface area contributed by atoms with Crippen LogP contribution >= 0.6 is 0 Å². The Morgan fingerprint density at radius 1 is 1.17 bits per heavy atom. The molecule has 0 N–H and O–H groups in total. The van der Waals surface area contributed by atoms with Crippen molar-refractivity contribution in [3.05, 3.63) is 65.3 Å². The molecule has 1 spiro atoms. The van der Waals surface area contributed by atoms with Crippen LogP contribution in [0.25, 0.3) is 11.4 Å². The number of hydrogen-bond acceptors (Lipinski definition) is 6. The molecular weight excluding hydrogens is 368 g/mol. The number of amides is 1. The van der Waals surface area contributed by atoms with Gasteiger partial charge in [0.05, 0.1) is 18.0 Å². The highest BCUT2D eigenvalue weighted by molar-refractivity contribution is 5.91. The van der Waals surface area contributed by atoms with Gasteiger partial charge in [0.15, 0.2) is 5.82 Å². The Morgan fingerprint density at radius 2 is 1.97 bits per heavy atom. The number of ether oxygens (including phenoxy) is 1. The maximum absolute atomic E-state index is 12.7. The fourth-order valence-corrected chi connectivity index (χ4v) is 4.21. The lowest BCUT2D eigenvalue weighted by Gasteiger charge is -2.43. The molecule has 2 aliphatic heterocycles. The predicted molar refractivity (Wildman–Crippen MR) is 105 cm³/mol. The molecule has 29 heavy (non-hydrogen) atoms. The second-order valence-electron chi connectivity index (χ2n) is 7.65. The van der Waals surface area contributed by atoms with E-state index in [1.807, 2.05) is 48.4 Å². The number of aromatic nitrogens is 3. The molecule has 0 atom stereocenters. The lowest BCUT2D eigenvalue weighted by atomic mass is 9.83. The summed E-state index contributed by atoms with van der Waals surface area (Å²) in [4.78, 5) is 24.0. The Bertz CT molecular complexity index is 1040. The summed E-state index contributed by atoms with van der Waals surface area (Å²) in [5.74, 6) is 0.881. The fourth-order valence-electron chi connectivity index (χ4n) is 4.21. The van der Waals surface area contributed by atoms with Crippen molar-refractivity contribution in [1.82, 2.24) is 20.0 Å². The van der Waals surface area contributed by atoms with E-state index in [1.165, 1.54) is 0 Å². The molecule has 2 aromatic heterocycles. The molecule has 5 rings (SSSR count). The van der Waals surface area contributed by atoms with Gasteiger partial charge in [-0.3, -0.25) is 4.79 Å². The minimum Gasteiger partial charge on any atom is -0.368 e. The van der Waals surface area contributed by atoms with Crippen LogP contribution in [0, 0.1) is 6.92 Å². The van der Waals surface area contributed by atoms with Gasteiger partial charge in [0.1, 0.15) is 5.60 Å². The van der Waals surface area contributed by atoms with Crippen LogP contribution in [-0.2, 0) is 16.8 Å². The zero-order chi connectivity index (χ0) is 19.8. The van der Waals surface area contributed by atoms with Gasteiger partial charge in [-0.2, -0.15) is 0 Å². The van der Waals surface area contributed by atoms with Gasteiger partial charge < -0.3 is 14.2 Å². The van der Waals surface area contributed by atoms with Crippen molar-refractivity contribution in [2.45, 2.75) is 31.8 Å². The van der Waals surface area contributed by atoms with Gasteiger partial charge in [-0.05, 0) is 31.7 Å². The maximum atomic E-state index is 12.7. The molecule has 1 amide bonds. The van der Waals surface area contributed by atoms with Crippen LogP contribution in [0.2, 0.25) is 0 Å². The second-order valence-corrected chi connectivity index (χ2v) is 7.65. The summed E-state index contributed by atoms with van der Waals surface area (Å²) in [6, 6.07) is 11.7. The number of rotatable bonds is 2. The van der Waals surface area contributed by atoms with Crippen LogP contribution in [0.3, 0.4) is 0 Å². The van der Waals surface area contributed by atoms with Crippen LogP contribution < -0.4 is 0 Å². The van der Waals surface area contributed by atoms with E-state index in [2.05, 4.69) is 10.1 Å². The molecule has 1 fully saturated rings. The average Bonchev–Trinajstić information content (AvgIpc) is 3.21. The SMILES string of the molecule is Cc1cc(C(=O)N2CCC3(CC2)OCCc2cnc(-c4ccccc4)nc23)on1. The molecule has 7 nitrogen and oxygen atoms in total. The largest absolute Gasteiger partial charge is 0.368 e. The molecule has 0 radical (unpaired) electrons. The van der Waals surface area contributed by atoms with E-state index < -0.39 is 5.60 Å². The number of likely N-dealkylation sites (tertiary alicyclic amines) is 1. The molecule has 3 aromatic rings. The summed E-state index contributed by atoms with van der Waals surface area (Å²) < 4.78 is 11.4. The van der Waals surface area contributed by atoms with Crippen molar-refractivity contribution in [2.75, 3.05) is 19.7 Å². The van der Waals surface area contributed by atoms with Crippen LogP contribution in [-0.4, -0.2) is 45.6 Å². The van der Waals surface area contributed by atoms with Crippen molar-refractivity contribution in [3.8, 4) is 11.4 Å². The number of nitrogens with zero attached hydrogens (tertiary/aromatic N) is 4. The summed E-state index contributed by atoms with van der Waals surface area (Å²) in [5, 5.41) is 3.82. The first-order valence-electron chi connectivity index (χ1n) is 9.93. The van der Waals surface area contributed by atoms with Gasteiger partial charge in [0, 0.05) is 30.9 Å². The van der Waals surface area contributed by atoms with E-state index in [1.54, 1.807) is 6.07 Å². The first-order valence-corrected chi connectivity index (χ1v) is 9.93. The zero-order valence-electron chi connectivity index (χ0n) is 16.3. The molecule has 1 aromatic carbocycles.